The summed E-state index contributed by atoms with van der Waals surface area (Å²) in [6, 6.07) is 0.171. The molecule has 0 radical (unpaired) electrons. The lowest BCUT2D eigenvalue weighted by Gasteiger charge is -2.41. The molecule has 0 saturated carbocycles. The summed E-state index contributed by atoms with van der Waals surface area (Å²) in [5, 5.41) is 2.73. The Hall–Kier alpha value is -0.790. The van der Waals surface area contributed by atoms with Gasteiger partial charge >= 0.3 is 0 Å². The minimum Gasteiger partial charge on any atom is -0.348 e. The minimum atomic E-state index is -0.220. The van der Waals surface area contributed by atoms with E-state index in [0.29, 0.717) is 0 Å². The molecule has 1 heterocycles. The van der Waals surface area contributed by atoms with Crippen LogP contribution in [0.15, 0.2) is 12.7 Å². The standard InChI is InChI=1S/C7H11NO/c1-4-5-7(2,3)6(9)8-5/h4-5H,1H2,2-3H3,(H,8,9). The van der Waals surface area contributed by atoms with Crippen LogP contribution < -0.4 is 5.32 Å². The maximum absolute atomic E-state index is 10.8. The molecule has 0 spiro atoms. The van der Waals surface area contributed by atoms with Crippen LogP contribution in [-0.2, 0) is 4.79 Å². The van der Waals surface area contributed by atoms with Gasteiger partial charge in [-0.3, -0.25) is 4.79 Å². The highest BCUT2D eigenvalue weighted by molar-refractivity contribution is 5.89. The molecule has 1 rings (SSSR count). The zero-order chi connectivity index (χ0) is 7.07. The van der Waals surface area contributed by atoms with Gasteiger partial charge in [-0.1, -0.05) is 6.08 Å². The van der Waals surface area contributed by atoms with Crippen LogP contribution >= 0.6 is 0 Å². The lowest BCUT2D eigenvalue weighted by molar-refractivity contribution is -0.140. The van der Waals surface area contributed by atoms with Crippen LogP contribution in [0.1, 0.15) is 13.8 Å². The zero-order valence-electron chi connectivity index (χ0n) is 5.77. The maximum Gasteiger partial charge on any atom is 0.228 e. The first-order chi connectivity index (χ1) is 4.09. The molecule has 1 amide bonds. The van der Waals surface area contributed by atoms with Crippen molar-refractivity contribution in [2.75, 3.05) is 0 Å². The molecule has 0 aliphatic carbocycles. The lowest BCUT2D eigenvalue weighted by atomic mass is 9.76. The Kier molecular flexibility index (Phi) is 1.12. The topological polar surface area (TPSA) is 29.1 Å². The van der Waals surface area contributed by atoms with Crippen LogP contribution in [0.5, 0.6) is 0 Å². The number of carbonyl (C=O) groups excluding carboxylic acids is 1. The van der Waals surface area contributed by atoms with Gasteiger partial charge < -0.3 is 5.32 Å². The average molecular weight is 125 g/mol. The molecule has 1 fully saturated rings. The molecule has 1 atom stereocenters. The highest BCUT2D eigenvalue weighted by atomic mass is 16.2. The smallest absolute Gasteiger partial charge is 0.228 e. The summed E-state index contributed by atoms with van der Waals surface area (Å²) in [7, 11) is 0. The number of β-lactam (4-membered cyclic amide) rings is 1. The van der Waals surface area contributed by atoms with E-state index in [1.807, 2.05) is 13.8 Å². The van der Waals surface area contributed by atoms with Crippen molar-refractivity contribution in [2.45, 2.75) is 19.9 Å². The summed E-state index contributed by atoms with van der Waals surface area (Å²) >= 11 is 0. The predicted octanol–water partition coefficient (Wildman–Crippen LogP) is 0.697. The van der Waals surface area contributed by atoms with Crippen LogP contribution in [0.3, 0.4) is 0 Å². The first kappa shape index (κ1) is 6.33. The molecule has 1 N–H and O–H groups in total. The molecule has 0 aromatic carbocycles. The van der Waals surface area contributed by atoms with Crippen LogP contribution in [0.4, 0.5) is 0 Å². The Labute approximate surface area is 54.9 Å². The fraction of sp³-hybridized carbons (Fsp3) is 0.571. The Morgan fingerprint density at radius 3 is 2.44 bits per heavy atom. The molecule has 2 heteroatoms. The summed E-state index contributed by atoms with van der Waals surface area (Å²) < 4.78 is 0. The van der Waals surface area contributed by atoms with Gasteiger partial charge in [0, 0.05) is 0 Å². The van der Waals surface area contributed by atoms with Crippen molar-refractivity contribution in [3.05, 3.63) is 12.7 Å². The molecule has 9 heavy (non-hydrogen) atoms. The molecule has 2 nitrogen and oxygen atoms in total. The van der Waals surface area contributed by atoms with Gasteiger partial charge in [-0.2, -0.15) is 0 Å². The van der Waals surface area contributed by atoms with E-state index in [4.69, 9.17) is 0 Å². The first-order valence-electron chi connectivity index (χ1n) is 3.02. The van der Waals surface area contributed by atoms with Gasteiger partial charge in [0.1, 0.15) is 0 Å². The monoisotopic (exact) mass is 125 g/mol. The molecule has 50 valence electrons. The molecule has 1 aliphatic rings. The molecule has 0 bridgehead atoms. The lowest BCUT2D eigenvalue weighted by Crippen LogP contribution is -2.63. The van der Waals surface area contributed by atoms with Crippen molar-refractivity contribution in [2.24, 2.45) is 5.41 Å². The van der Waals surface area contributed by atoms with E-state index in [0.717, 1.165) is 0 Å². The van der Waals surface area contributed by atoms with Gasteiger partial charge in [0.05, 0.1) is 11.5 Å². The molecular weight excluding hydrogens is 114 g/mol. The third-order valence-electron chi connectivity index (χ3n) is 1.89. The van der Waals surface area contributed by atoms with E-state index < -0.39 is 0 Å². The second-order valence-corrected chi connectivity index (χ2v) is 2.91. The van der Waals surface area contributed by atoms with Crippen molar-refractivity contribution in [1.82, 2.24) is 5.32 Å². The number of amides is 1. The Morgan fingerprint density at radius 1 is 1.78 bits per heavy atom. The number of hydrogen-bond donors (Lipinski definition) is 1. The van der Waals surface area contributed by atoms with Crippen molar-refractivity contribution < 1.29 is 4.79 Å². The van der Waals surface area contributed by atoms with Gasteiger partial charge in [-0.05, 0) is 13.8 Å². The van der Waals surface area contributed by atoms with Crippen LogP contribution in [0.25, 0.3) is 0 Å². The zero-order valence-corrected chi connectivity index (χ0v) is 5.77. The summed E-state index contributed by atoms with van der Waals surface area (Å²) in [6.07, 6.45) is 1.77. The number of rotatable bonds is 1. The highest BCUT2D eigenvalue weighted by Crippen LogP contribution is 2.29. The molecule has 1 aliphatic heterocycles. The SMILES string of the molecule is C=CC1NC(=O)C1(C)C. The van der Waals surface area contributed by atoms with E-state index in [1.165, 1.54) is 0 Å². The van der Waals surface area contributed by atoms with E-state index in [9.17, 15) is 4.79 Å². The quantitative estimate of drug-likeness (QED) is 0.405. The second kappa shape index (κ2) is 1.59. The van der Waals surface area contributed by atoms with E-state index in [-0.39, 0.29) is 17.4 Å². The van der Waals surface area contributed by atoms with Crippen LogP contribution in [-0.4, -0.2) is 11.9 Å². The summed E-state index contributed by atoms with van der Waals surface area (Å²) in [6.45, 7) is 7.43. The van der Waals surface area contributed by atoms with Gasteiger partial charge in [-0.25, -0.2) is 0 Å². The normalized spacial score (nSPS) is 30.4. The van der Waals surface area contributed by atoms with Crippen molar-refractivity contribution in [3.63, 3.8) is 0 Å². The van der Waals surface area contributed by atoms with E-state index >= 15 is 0 Å². The highest BCUT2D eigenvalue weighted by Gasteiger charge is 2.45. The summed E-state index contributed by atoms with van der Waals surface area (Å²) in [5.41, 5.74) is -0.220. The Bertz CT molecular complexity index is 160. The Morgan fingerprint density at radius 2 is 2.33 bits per heavy atom. The number of carbonyl (C=O) groups is 1. The maximum atomic E-state index is 10.8. The molecule has 1 unspecified atom stereocenters. The van der Waals surface area contributed by atoms with Crippen molar-refractivity contribution >= 4 is 5.91 Å². The largest absolute Gasteiger partial charge is 0.348 e. The van der Waals surface area contributed by atoms with Crippen LogP contribution in [0, 0.1) is 5.41 Å². The second-order valence-electron chi connectivity index (χ2n) is 2.91. The molecule has 0 aromatic heterocycles. The van der Waals surface area contributed by atoms with Gasteiger partial charge in [0.2, 0.25) is 5.91 Å². The average Bonchev–Trinajstić information content (AvgIpc) is 1.82. The Balaban J connectivity index is 2.69. The van der Waals surface area contributed by atoms with E-state index in [1.54, 1.807) is 6.08 Å². The van der Waals surface area contributed by atoms with E-state index in [2.05, 4.69) is 11.9 Å². The summed E-state index contributed by atoms with van der Waals surface area (Å²) in [4.78, 5) is 10.8. The van der Waals surface area contributed by atoms with Gasteiger partial charge in [0.15, 0.2) is 0 Å². The minimum absolute atomic E-state index is 0.118. The van der Waals surface area contributed by atoms with Crippen molar-refractivity contribution in [3.8, 4) is 0 Å². The van der Waals surface area contributed by atoms with Crippen molar-refractivity contribution in [1.29, 1.82) is 0 Å². The number of hydrogen-bond acceptors (Lipinski definition) is 1. The first-order valence-corrected chi connectivity index (χ1v) is 3.02. The third-order valence-corrected chi connectivity index (χ3v) is 1.89. The fourth-order valence-electron chi connectivity index (χ4n) is 0.925. The molecular formula is C7H11NO. The summed E-state index contributed by atoms with van der Waals surface area (Å²) in [5.74, 6) is 0.118. The van der Waals surface area contributed by atoms with Crippen LogP contribution in [0.2, 0.25) is 0 Å². The molecule has 1 saturated heterocycles. The fourth-order valence-corrected chi connectivity index (χ4v) is 0.925. The van der Waals surface area contributed by atoms with Gasteiger partial charge in [-0.15, -0.1) is 6.58 Å². The van der Waals surface area contributed by atoms with Gasteiger partial charge in [0.25, 0.3) is 0 Å². The predicted molar refractivity (Wildman–Crippen MR) is 35.9 cm³/mol. The third kappa shape index (κ3) is 0.661. The molecule has 0 aromatic rings. The number of nitrogens with one attached hydrogen (secondary N) is 1.